The van der Waals surface area contributed by atoms with E-state index < -0.39 is 12.1 Å². The van der Waals surface area contributed by atoms with Gasteiger partial charge in [0.25, 0.3) is 5.91 Å². The van der Waals surface area contributed by atoms with E-state index in [0.717, 1.165) is 5.56 Å². The first-order valence-corrected chi connectivity index (χ1v) is 5.61. The standard InChI is InChI=1S/C13H18N2O3/c1-8-6-5-7-10(11(8)14)13(17)18-9(2)12(16)15(3)4/h5-7,9H,14H2,1-4H3/t9-/m0/s1. The summed E-state index contributed by atoms with van der Waals surface area (Å²) in [5.74, 6) is -0.853. The molecule has 0 bridgehead atoms. The number of amides is 1. The van der Waals surface area contributed by atoms with Gasteiger partial charge in [0.1, 0.15) is 0 Å². The molecule has 0 unspecified atom stereocenters. The highest BCUT2D eigenvalue weighted by molar-refractivity contribution is 5.97. The lowest BCUT2D eigenvalue weighted by atomic mass is 10.1. The average Bonchev–Trinajstić information content (AvgIpc) is 2.31. The molecule has 0 aliphatic heterocycles. The third-order valence-corrected chi connectivity index (χ3v) is 2.62. The number of ether oxygens (including phenoxy) is 1. The normalized spacial score (nSPS) is 11.8. The Balaban J connectivity index is 2.83. The lowest BCUT2D eigenvalue weighted by Crippen LogP contribution is -2.35. The van der Waals surface area contributed by atoms with E-state index in [9.17, 15) is 9.59 Å². The van der Waals surface area contributed by atoms with Crippen molar-refractivity contribution in [2.45, 2.75) is 20.0 Å². The molecule has 0 aliphatic rings. The molecule has 0 radical (unpaired) electrons. The number of aryl methyl sites for hydroxylation is 1. The van der Waals surface area contributed by atoms with E-state index >= 15 is 0 Å². The van der Waals surface area contributed by atoms with Crippen LogP contribution < -0.4 is 5.73 Å². The molecule has 0 saturated carbocycles. The largest absolute Gasteiger partial charge is 0.449 e. The molecule has 1 rings (SSSR count). The Morgan fingerprint density at radius 1 is 1.33 bits per heavy atom. The number of carbonyl (C=O) groups is 2. The molecule has 0 spiro atoms. The zero-order valence-corrected chi connectivity index (χ0v) is 11.1. The minimum absolute atomic E-state index is 0.269. The lowest BCUT2D eigenvalue weighted by molar-refractivity contribution is -0.137. The van der Waals surface area contributed by atoms with Crippen molar-refractivity contribution in [3.05, 3.63) is 29.3 Å². The second-order valence-corrected chi connectivity index (χ2v) is 4.32. The number of carbonyl (C=O) groups excluding carboxylic acids is 2. The van der Waals surface area contributed by atoms with Gasteiger partial charge >= 0.3 is 5.97 Å². The molecule has 0 saturated heterocycles. The van der Waals surface area contributed by atoms with E-state index in [1.165, 1.54) is 11.8 Å². The molecule has 0 aliphatic carbocycles. The molecule has 0 aromatic heterocycles. The van der Waals surface area contributed by atoms with Gasteiger partial charge in [0.05, 0.1) is 5.56 Å². The smallest absolute Gasteiger partial charge is 0.341 e. The molecule has 1 atom stereocenters. The van der Waals surface area contributed by atoms with Crippen LogP contribution in [0.4, 0.5) is 5.69 Å². The molecule has 18 heavy (non-hydrogen) atoms. The summed E-state index contributed by atoms with van der Waals surface area (Å²) < 4.78 is 5.09. The number of nitrogens with two attached hydrogens (primary N) is 1. The Hall–Kier alpha value is -2.04. The van der Waals surface area contributed by atoms with Crippen molar-refractivity contribution in [1.82, 2.24) is 4.90 Å². The second-order valence-electron chi connectivity index (χ2n) is 4.32. The summed E-state index contributed by atoms with van der Waals surface area (Å²) in [5.41, 5.74) is 7.27. The highest BCUT2D eigenvalue weighted by Gasteiger charge is 2.21. The molecule has 5 heteroatoms. The minimum atomic E-state index is -0.826. The highest BCUT2D eigenvalue weighted by Crippen LogP contribution is 2.18. The van der Waals surface area contributed by atoms with E-state index in [0.29, 0.717) is 5.69 Å². The zero-order chi connectivity index (χ0) is 13.9. The Kier molecular flexibility index (Phi) is 4.31. The number of anilines is 1. The summed E-state index contributed by atoms with van der Waals surface area (Å²) in [6.45, 7) is 3.34. The summed E-state index contributed by atoms with van der Waals surface area (Å²) in [4.78, 5) is 24.8. The predicted molar refractivity (Wildman–Crippen MR) is 69.2 cm³/mol. The monoisotopic (exact) mass is 250 g/mol. The number of likely N-dealkylation sites (N-methyl/N-ethyl adjacent to an activating group) is 1. The lowest BCUT2D eigenvalue weighted by Gasteiger charge is -2.17. The van der Waals surface area contributed by atoms with Crippen LogP contribution in [0.5, 0.6) is 0 Å². The molecule has 98 valence electrons. The van der Waals surface area contributed by atoms with Crippen molar-refractivity contribution in [2.75, 3.05) is 19.8 Å². The molecular formula is C13H18N2O3. The predicted octanol–water partition coefficient (Wildman–Crippen LogP) is 1.21. The van der Waals surface area contributed by atoms with Crippen LogP contribution >= 0.6 is 0 Å². The van der Waals surface area contributed by atoms with Gasteiger partial charge in [-0.15, -0.1) is 0 Å². The van der Waals surface area contributed by atoms with Crippen LogP contribution in [-0.4, -0.2) is 37.0 Å². The van der Waals surface area contributed by atoms with Crippen LogP contribution in [0, 0.1) is 6.92 Å². The number of para-hydroxylation sites is 1. The maximum absolute atomic E-state index is 11.9. The van der Waals surface area contributed by atoms with Crippen molar-refractivity contribution in [1.29, 1.82) is 0 Å². The van der Waals surface area contributed by atoms with E-state index in [-0.39, 0.29) is 11.5 Å². The number of benzene rings is 1. The maximum Gasteiger partial charge on any atom is 0.341 e. The van der Waals surface area contributed by atoms with Crippen LogP contribution in [0.2, 0.25) is 0 Å². The van der Waals surface area contributed by atoms with E-state index in [4.69, 9.17) is 10.5 Å². The Morgan fingerprint density at radius 2 is 1.94 bits per heavy atom. The van der Waals surface area contributed by atoms with Gasteiger partial charge in [0.2, 0.25) is 0 Å². The van der Waals surface area contributed by atoms with Crippen molar-refractivity contribution in [3.8, 4) is 0 Å². The summed E-state index contributed by atoms with van der Waals surface area (Å²) in [6, 6.07) is 5.11. The van der Waals surface area contributed by atoms with Gasteiger partial charge < -0.3 is 15.4 Å². The summed E-state index contributed by atoms with van der Waals surface area (Å²) >= 11 is 0. The van der Waals surface area contributed by atoms with Gasteiger partial charge in [0.15, 0.2) is 6.10 Å². The van der Waals surface area contributed by atoms with Gasteiger partial charge in [0, 0.05) is 19.8 Å². The molecule has 1 amide bonds. The van der Waals surface area contributed by atoms with Crippen LogP contribution in [0.25, 0.3) is 0 Å². The number of hydrogen-bond donors (Lipinski definition) is 1. The van der Waals surface area contributed by atoms with E-state index in [1.807, 2.05) is 0 Å². The second kappa shape index (κ2) is 5.53. The highest BCUT2D eigenvalue weighted by atomic mass is 16.5. The fraction of sp³-hybridized carbons (Fsp3) is 0.385. The SMILES string of the molecule is Cc1cccc(C(=O)O[C@@H](C)C(=O)N(C)C)c1N. The number of rotatable bonds is 3. The van der Waals surface area contributed by atoms with Gasteiger partial charge in [-0.3, -0.25) is 4.79 Å². The minimum Gasteiger partial charge on any atom is -0.449 e. The number of nitrogens with zero attached hydrogens (tertiary/aromatic N) is 1. The van der Waals surface area contributed by atoms with Gasteiger partial charge in [-0.2, -0.15) is 0 Å². The topological polar surface area (TPSA) is 72.6 Å². The molecule has 1 aromatic carbocycles. The first-order chi connectivity index (χ1) is 8.34. The van der Waals surface area contributed by atoms with Crippen LogP contribution in [0.1, 0.15) is 22.8 Å². The number of nitrogen functional groups attached to an aromatic ring is 1. The Morgan fingerprint density at radius 3 is 2.50 bits per heavy atom. The maximum atomic E-state index is 11.9. The fourth-order valence-electron chi connectivity index (χ4n) is 1.50. The average molecular weight is 250 g/mol. The molecule has 0 fully saturated rings. The van der Waals surface area contributed by atoms with Gasteiger partial charge in [-0.25, -0.2) is 4.79 Å². The zero-order valence-electron chi connectivity index (χ0n) is 11.1. The quantitative estimate of drug-likeness (QED) is 0.646. The molecular weight excluding hydrogens is 232 g/mol. The number of hydrogen-bond acceptors (Lipinski definition) is 4. The summed E-state index contributed by atoms with van der Waals surface area (Å²) in [5, 5.41) is 0. The summed E-state index contributed by atoms with van der Waals surface area (Å²) in [6.07, 6.45) is -0.826. The number of esters is 1. The van der Waals surface area contributed by atoms with Crippen LogP contribution in [-0.2, 0) is 9.53 Å². The van der Waals surface area contributed by atoms with Crippen molar-refractivity contribution < 1.29 is 14.3 Å². The molecule has 0 heterocycles. The van der Waals surface area contributed by atoms with Crippen LogP contribution in [0.15, 0.2) is 18.2 Å². The van der Waals surface area contributed by atoms with Gasteiger partial charge in [-0.1, -0.05) is 12.1 Å². The van der Waals surface area contributed by atoms with E-state index in [1.54, 1.807) is 39.2 Å². The van der Waals surface area contributed by atoms with E-state index in [2.05, 4.69) is 0 Å². The molecule has 2 N–H and O–H groups in total. The molecule has 1 aromatic rings. The summed E-state index contributed by atoms with van der Waals surface area (Å²) in [7, 11) is 3.21. The van der Waals surface area contributed by atoms with Crippen molar-refractivity contribution in [3.63, 3.8) is 0 Å². The van der Waals surface area contributed by atoms with Gasteiger partial charge in [-0.05, 0) is 25.5 Å². The first-order valence-electron chi connectivity index (χ1n) is 5.61. The van der Waals surface area contributed by atoms with Crippen molar-refractivity contribution in [2.24, 2.45) is 0 Å². The first kappa shape index (κ1) is 14.0. The van der Waals surface area contributed by atoms with Crippen molar-refractivity contribution >= 4 is 17.6 Å². The molecule has 5 nitrogen and oxygen atoms in total. The third-order valence-electron chi connectivity index (χ3n) is 2.62. The Bertz CT molecular complexity index is 469. The third kappa shape index (κ3) is 3.00. The Labute approximate surface area is 107 Å². The fourth-order valence-corrected chi connectivity index (χ4v) is 1.50. The van der Waals surface area contributed by atoms with Crippen LogP contribution in [0.3, 0.4) is 0 Å².